The third-order valence-electron chi connectivity index (χ3n) is 8.81. The summed E-state index contributed by atoms with van der Waals surface area (Å²) in [6.07, 6.45) is 1.88. The number of hydrogen-bond donors (Lipinski definition) is 2. The fourth-order valence-corrected chi connectivity index (χ4v) is 6.83. The Hall–Kier alpha value is -4.11. The van der Waals surface area contributed by atoms with Crippen molar-refractivity contribution in [3.63, 3.8) is 0 Å². The lowest BCUT2D eigenvalue weighted by molar-refractivity contribution is -0.143. The van der Waals surface area contributed by atoms with Gasteiger partial charge in [0.25, 0.3) is 0 Å². The van der Waals surface area contributed by atoms with Gasteiger partial charge in [-0.15, -0.1) is 0 Å². The average Bonchev–Trinajstić information content (AvgIpc) is 3.72. The molecule has 2 N–H and O–H groups in total. The van der Waals surface area contributed by atoms with Crippen molar-refractivity contribution >= 4 is 17.6 Å². The Morgan fingerprint density at radius 2 is 1.76 bits per heavy atom. The molecule has 0 spiro atoms. The molecule has 1 amide bonds. The number of carboxylic acids is 1. The monoisotopic (exact) mass is 574 g/mol. The van der Waals surface area contributed by atoms with Gasteiger partial charge in [0.2, 0.25) is 12.7 Å². The van der Waals surface area contributed by atoms with Gasteiger partial charge in [-0.3, -0.25) is 14.5 Å². The van der Waals surface area contributed by atoms with Gasteiger partial charge in [-0.2, -0.15) is 0 Å². The molecule has 0 bridgehead atoms. The van der Waals surface area contributed by atoms with E-state index in [-0.39, 0.29) is 25.1 Å². The number of nitrogens with zero attached hydrogens (tertiary/aromatic N) is 1. The number of halogens is 1. The highest BCUT2D eigenvalue weighted by Crippen LogP contribution is 2.50. The van der Waals surface area contributed by atoms with E-state index < -0.39 is 23.8 Å². The van der Waals surface area contributed by atoms with Crippen LogP contribution in [0.4, 0.5) is 10.1 Å². The van der Waals surface area contributed by atoms with Crippen molar-refractivity contribution in [2.75, 3.05) is 31.8 Å². The summed E-state index contributed by atoms with van der Waals surface area (Å²) in [6, 6.07) is 11.9. The van der Waals surface area contributed by atoms with Crippen LogP contribution in [0.25, 0.3) is 0 Å². The standard InChI is InChI=1S/C33H35FN2O6/c1-4-19-13-23(34)14-20(5-2)30(19)35-28(37)16-36-15-25(24-7-9-27-32(18(24)3)42-17-41-27)29(33(38)39)31(36)22-6-8-26-21(12-22)10-11-40-26/h6-9,12-14,25,29,31H,4-5,10-11,15-17H2,1-3H3,(H,35,37)(H,38,39)/t25-,29?,31+/m1/s1. The van der Waals surface area contributed by atoms with E-state index in [4.69, 9.17) is 14.2 Å². The number of rotatable bonds is 8. The van der Waals surface area contributed by atoms with Gasteiger partial charge in [-0.1, -0.05) is 32.0 Å². The third kappa shape index (κ3) is 4.96. The summed E-state index contributed by atoms with van der Waals surface area (Å²) in [5, 5.41) is 13.7. The number of hydrogen-bond acceptors (Lipinski definition) is 6. The Morgan fingerprint density at radius 1 is 1.02 bits per heavy atom. The molecule has 6 rings (SSSR count). The smallest absolute Gasteiger partial charge is 0.309 e. The number of fused-ring (bicyclic) bond motifs is 2. The second-order valence-corrected chi connectivity index (χ2v) is 11.2. The van der Waals surface area contributed by atoms with Crippen LogP contribution in [0.15, 0.2) is 42.5 Å². The first-order chi connectivity index (χ1) is 20.3. The van der Waals surface area contributed by atoms with Gasteiger partial charge in [-0.05, 0) is 77.4 Å². The number of ether oxygens (including phenoxy) is 3. The normalized spacial score (nSPS) is 20.8. The van der Waals surface area contributed by atoms with Crippen LogP contribution in [0.2, 0.25) is 0 Å². The van der Waals surface area contributed by atoms with Crippen LogP contribution in [0.5, 0.6) is 17.2 Å². The zero-order valence-electron chi connectivity index (χ0n) is 24.0. The highest BCUT2D eigenvalue weighted by molar-refractivity contribution is 5.94. The van der Waals surface area contributed by atoms with Crippen molar-refractivity contribution in [2.45, 2.75) is 52.0 Å². The second-order valence-electron chi connectivity index (χ2n) is 11.2. The fraction of sp³-hybridized carbons (Fsp3) is 0.394. The predicted molar refractivity (Wildman–Crippen MR) is 155 cm³/mol. The minimum atomic E-state index is -0.929. The van der Waals surface area contributed by atoms with Gasteiger partial charge in [-0.25, -0.2) is 4.39 Å². The quantitative estimate of drug-likeness (QED) is 0.372. The molecule has 1 saturated heterocycles. The van der Waals surface area contributed by atoms with Gasteiger partial charge < -0.3 is 24.6 Å². The predicted octanol–water partition coefficient (Wildman–Crippen LogP) is 5.40. The molecule has 42 heavy (non-hydrogen) atoms. The van der Waals surface area contributed by atoms with Crippen LogP contribution < -0.4 is 19.5 Å². The number of carboxylic acid groups (broad SMARTS) is 1. The summed E-state index contributed by atoms with van der Waals surface area (Å²) in [7, 11) is 0. The number of aryl methyl sites for hydroxylation is 2. The highest BCUT2D eigenvalue weighted by Gasteiger charge is 2.49. The van der Waals surface area contributed by atoms with E-state index in [1.165, 1.54) is 12.1 Å². The molecule has 8 nitrogen and oxygen atoms in total. The maximum absolute atomic E-state index is 14.2. The summed E-state index contributed by atoms with van der Waals surface area (Å²) < 4.78 is 31.2. The number of amides is 1. The molecule has 1 unspecified atom stereocenters. The number of carbonyl (C=O) groups is 2. The van der Waals surface area contributed by atoms with Crippen LogP contribution in [0, 0.1) is 18.7 Å². The first-order valence-electron chi connectivity index (χ1n) is 14.5. The van der Waals surface area contributed by atoms with Crippen molar-refractivity contribution < 1.29 is 33.3 Å². The number of benzene rings is 3. The number of aliphatic carboxylic acids is 1. The molecule has 220 valence electrons. The molecule has 3 aromatic rings. The summed E-state index contributed by atoms with van der Waals surface area (Å²) in [4.78, 5) is 28.6. The molecule has 0 aliphatic carbocycles. The van der Waals surface area contributed by atoms with Gasteiger partial charge in [0, 0.05) is 30.6 Å². The van der Waals surface area contributed by atoms with E-state index in [9.17, 15) is 19.1 Å². The summed E-state index contributed by atoms with van der Waals surface area (Å²) in [6.45, 7) is 6.82. The maximum Gasteiger partial charge on any atom is 0.309 e. The average molecular weight is 575 g/mol. The zero-order valence-corrected chi connectivity index (χ0v) is 24.0. The lowest BCUT2D eigenvalue weighted by Gasteiger charge is -2.27. The summed E-state index contributed by atoms with van der Waals surface area (Å²) >= 11 is 0. The number of likely N-dealkylation sites (tertiary alicyclic amines) is 1. The molecular weight excluding hydrogens is 539 g/mol. The minimum Gasteiger partial charge on any atom is -0.493 e. The van der Waals surface area contributed by atoms with E-state index >= 15 is 0 Å². The Kier molecular flexibility index (Phi) is 7.53. The number of carbonyl (C=O) groups excluding carboxylic acids is 1. The van der Waals surface area contributed by atoms with Crippen LogP contribution in [0.3, 0.4) is 0 Å². The maximum atomic E-state index is 14.2. The van der Waals surface area contributed by atoms with Crippen LogP contribution in [-0.4, -0.2) is 48.4 Å². The Balaban J connectivity index is 1.37. The zero-order chi connectivity index (χ0) is 29.5. The summed E-state index contributed by atoms with van der Waals surface area (Å²) in [5.41, 5.74) is 5.68. The van der Waals surface area contributed by atoms with E-state index in [0.29, 0.717) is 43.2 Å². The third-order valence-corrected chi connectivity index (χ3v) is 8.81. The first-order valence-corrected chi connectivity index (χ1v) is 14.5. The Morgan fingerprint density at radius 3 is 2.48 bits per heavy atom. The van der Waals surface area contributed by atoms with Gasteiger partial charge >= 0.3 is 5.97 Å². The number of anilines is 1. The molecule has 1 fully saturated rings. The van der Waals surface area contributed by atoms with Crippen molar-refractivity contribution in [2.24, 2.45) is 5.92 Å². The van der Waals surface area contributed by atoms with Crippen LogP contribution >= 0.6 is 0 Å². The number of nitrogens with one attached hydrogen (secondary N) is 1. The van der Waals surface area contributed by atoms with Crippen LogP contribution in [0.1, 0.15) is 59.2 Å². The van der Waals surface area contributed by atoms with E-state index in [1.54, 1.807) is 0 Å². The molecule has 3 aliphatic heterocycles. The van der Waals surface area contributed by atoms with Gasteiger partial charge in [0.1, 0.15) is 11.6 Å². The molecule has 3 aromatic carbocycles. The lowest BCUT2D eigenvalue weighted by atomic mass is 9.81. The Labute approximate surface area is 244 Å². The van der Waals surface area contributed by atoms with Crippen molar-refractivity contribution in [3.8, 4) is 17.2 Å². The van der Waals surface area contributed by atoms with E-state index in [2.05, 4.69) is 5.32 Å². The Bertz CT molecular complexity index is 1530. The molecule has 0 radical (unpaired) electrons. The van der Waals surface area contributed by atoms with Crippen LogP contribution in [-0.2, 0) is 28.9 Å². The highest BCUT2D eigenvalue weighted by atomic mass is 19.1. The molecule has 9 heteroatoms. The van der Waals surface area contributed by atoms with Crippen molar-refractivity contribution in [1.82, 2.24) is 4.90 Å². The first kappa shape index (κ1) is 28.0. The minimum absolute atomic E-state index is 0.0220. The fourth-order valence-electron chi connectivity index (χ4n) is 6.83. The molecule has 3 aliphatic rings. The topological polar surface area (TPSA) is 97.3 Å². The van der Waals surface area contributed by atoms with Gasteiger partial charge in [0.05, 0.1) is 19.1 Å². The molecule has 3 atom stereocenters. The molecule has 0 saturated carbocycles. The van der Waals surface area contributed by atoms with Crippen molar-refractivity contribution in [3.05, 3.63) is 81.7 Å². The van der Waals surface area contributed by atoms with E-state index in [0.717, 1.165) is 45.6 Å². The SMILES string of the molecule is CCc1cc(F)cc(CC)c1NC(=O)CN1C[C@H](c2ccc3c(c2C)OCO3)C(C(=O)O)[C@@H]1c1ccc2c(c1)CCO2. The molecule has 0 aromatic heterocycles. The molecular formula is C33H35FN2O6. The second kappa shape index (κ2) is 11.3. The molecule has 3 heterocycles. The lowest BCUT2D eigenvalue weighted by Crippen LogP contribution is -2.35. The van der Waals surface area contributed by atoms with Gasteiger partial charge in [0.15, 0.2) is 11.5 Å². The summed E-state index contributed by atoms with van der Waals surface area (Å²) in [5.74, 6) is -0.656. The van der Waals surface area contributed by atoms with E-state index in [1.807, 2.05) is 56.0 Å². The van der Waals surface area contributed by atoms with Crippen molar-refractivity contribution in [1.29, 1.82) is 0 Å². The largest absolute Gasteiger partial charge is 0.493 e.